The van der Waals surface area contributed by atoms with Crippen LogP contribution in [0.1, 0.15) is 21.1 Å². The van der Waals surface area contributed by atoms with Crippen LogP contribution < -0.4 is 0 Å². The summed E-state index contributed by atoms with van der Waals surface area (Å²) in [6.07, 6.45) is 4.15. The molecule has 0 N–H and O–H groups in total. The second-order valence-corrected chi connectivity index (χ2v) is 5.02. The molecular formula is C13H11N3OS. The lowest BCUT2D eigenvalue weighted by Crippen LogP contribution is -1.95. The summed E-state index contributed by atoms with van der Waals surface area (Å²) in [5.41, 5.74) is 1.80. The second-order valence-electron chi connectivity index (χ2n) is 3.98. The zero-order valence-corrected chi connectivity index (χ0v) is 10.4. The van der Waals surface area contributed by atoms with Crippen LogP contribution in [0.25, 0.3) is 4.96 Å². The van der Waals surface area contributed by atoms with Gasteiger partial charge in [0.1, 0.15) is 10.7 Å². The second kappa shape index (κ2) is 4.70. The lowest BCUT2D eigenvalue weighted by Gasteiger charge is -1.97. The summed E-state index contributed by atoms with van der Waals surface area (Å²) in [5, 5.41) is 5.40. The first kappa shape index (κ1) is 11.1. The van der Waals surface area contributed by atoms with Gasteiger partial charge in [-0.25, -0.2) is 9.50 Å². The number of rotatable bonds is 4. The highest BCUT2D eigenvalue weighted by Gasteiger charge is 2.08. The average Bonchev–Trinajstić information content (AvgIpc) is 2.97. The Kier molecular flexibility index (Phi) is 2.90. The summed E-state index contributed by atoms with van der Waals surface area (Å²) in [6, 6.07) is 10.3. The van der Waals surface area contributed by atoms with Crippen molar-refractivity contribution in [2.75, 3.05) is 0 Å². The fourth-order valence-electron chi connectivity index (χ4n) is 1.83. The number of carbonyl (C=O) groups excluding carboxylic acids is 1. The van der Waals surface area contributed by atoms with Gasteiger partial charge in [0.25, 0.3) is 0 Å². The minimum atomic E-state index is 0.507. The van der Waals surface area contributed by atoms with Gasteiger partial charge in [-0.3, -0.25) is 4.79 Å². The first-order chi connectivity index (χ1) is 8.86. The van der Waals surface area contributed by atoms with Gasteiger partial charge in [-0.2, -0.15) is 5.10 Å². The van der Waals surface area contributed by atoms with Crippen molar-refractivity contribution >= 4 is 22.6 Å². The Morgan fingerprint density at radius 3 is 2.83 bits per heavy atom. The van der Waals surface area contributed by atoms with E-state index in [1.807, 2.05) is 18.2 Å². The molecule has 0 aliphatic carbocycles. The molecular weight excluding hydrogens is 246 g/mol. The first-order valence-corrected chi connectivity index (χ1v) is 6.51. The van der Waals surface area contributed by atoms with Crippen molar-refractivity contribution in [3.63, 3.8) is 0 Å². The van der Waals surface area contributed by atoms with Crippen molar-refractivity contribution in [1.29, 1.82) is 0 Å². The Balaban J connectivity index is 1.79. The van der Waals surface area contributed by atoms with E-state index in [0.29, 0.717) is 5.69 Å². The molecule has 3 aromatic rings. The monoisotopic (exact) mass is 257 g/mol. The lowest BCUT2D eigenvalue weighted by molar-refractivity contribution is 0.111. The molecule has 0 unspecified atom stereocenters. The van der Waals surface area contributed by atoms with E-state index in [4.69, 9.17) is 0 Å². The Labute approximate surface area is 108 Å². The maximum Gasteiger partial charge on any atom is 0.212 e. The third-order valence-electron chi connectivity index (χ3n) is 2.74. The molecule has 0 radical (unpaired) electrons. The number of aryl methyl sites for hydroxylation is 2. The summed E-state index contributed by atoms with van der Waals surface area (Å²) in [5.74, 6) is 0. The normalized spacial score (nSPS) is 10.9. The van der Waals surface area contributed by atoms with Gasteiger partial charge < -0.3 is 0 Å². The third-order valence-corrected chi connectivity index (χ3v) is 3.73. The van der Waals surface area contributed by atoms with E-state index in [-0.39, 0.29) is 0 Å². The number of fused-ring (bicyclic) bond motifs is 1. The van der Waals surface area contributed by atoms with E-state index in [9.17, 15) is 4.79 Å². The molecule has 3 rings (SSSR count). The highest BCUT2D eigenvalue weighted by molar-refractivity contribution is 7.16. The molecule has 0 spiro atoms. The molecule has 5 heteroatoms. The number of hydrogen-bond donors (Lipinski definition) is 0. The zero-order valence-electron chi connectivity index (χ0n) is 9.61. The van der Waals surface area contributed by atoms with Gasteiger partial charge in [-0.15, -0.1) is 0 Å². The van der Waals surface area contributed by atoms with Crippen molar-refractivity contribution in [3.05, 3.63) is 52.8 Å². The van der Waals surface area contributed by atoms with Crippen molar-refractivity contribution in [2.45, 2.75) is 12.8 Å². The summed E-state index contributed by atoms with van der Waals surface area (Å²) in [6.45, 7) is 0. The predicted octanol–water partition coefficient (Wildman–Crippen LogP) is 2.39. The third kappa shape index (κ3) is 2.04. The van der Waals surface area contributed by atoms with Crippen LogP contribution in [-0.4, -0.2) is 20.9 Å². The zero-order chi connectivity index (χ0) is 12.4. The Bertz CT molecular complexity index is 672. The molecule has 2 aromatic heterocycles. The van der Waals surface area contributed by atoms with Crippen LogP contribution in [0.2, 0.25) is 0 Å². The topological polar surface area (TPSA) is 47.3 Å². The molecule has 4 nitrogen and oxygen atoms in total. The van der Waals surface area contributed by atoms with Crippen LogP contribution in [-0.2, 0) is 12.8 Å². The highest BCUT2D eigenvalue weighted by Crippen LogP contribution is 2.16. The number of aldehydes is 1. The van der Waals surface area contributed by atoms with Crippen molar-refractivity contribution < 1.29 is 4.79 Å². The van der Waals surface area contributed by atoms with E-state index in [0.717, 1.165) is 29.1 Å². The average molecular weight is 257 g/mol. The molecule has 0 saturated heterocycles. The van der Waals surface area contributed by atoms with E-state index in [1.54, 1.807) is 10.7 Å². The number of carbonyl (C=O) groups is 1. The fraction of sp³-hybridized carbons (Fsp3) is 0.154. The maximum atomic E-state index is 10.8. The summed E-state index contributed by atoms with van der Waals surface area (Å²) in [7, 11) is 0. The van der Waals surface area contributed by atoms with Gasteiger partial charge >= 0.3 is 0 Å². The van der Waals surface area contributed by atoms with Gasteiger partial charge in [0, 0.05) is 6.42 Å². The number of aromatic nitrogens is 3. The molecule has 0 bridgehead atoms. The molecule has 0 amide bonds. The van der Waals surface area contributed by atoms with E-state index >= 15 is 0 Å². The SMILES string of the molecule is O=Cc1cnc2sc(CCc3ccccc3)nn12. The number of hydrogen-bond acceptors (Lipinski definition) is 4. The molecule has 2 heterocycles. The summed E-state index contributed by atoms with van der Waals surface area (Å²) in [4.78, 5) is 15.7. The Hall–Kier alpha value is -2.01. The maximum absolute atomic E-state index is 10.8. The Morgan fingerprint density at radius 1 is 1.22 bits per heavy atom. The standard InChI is InChI=1S/C13H11N3OS/c17-9-11-8-14-13-16(11)15-12(18-13)7-6-10-4-2-1-3-5-10/h1-5,8-9H,6-7H2. The van der Waals surface area contributed by atoms with Crippen molar-refractivity contribution in [3.8, 4) is 0 Å². The molecule has 1 aromatic carbocycles. The minimum absolute atomic E-state index is 0.507. The quantitative estimate of drug-likeness (QED) is 0.674. The first-order valence-electron chi connectivity index (χ1n) is 5.69. The van der Waals surface area contributed by atoms with Crippen LogP contribution in [0.15, 0.2) is 36.5 Å². The van der Waals surface area contributed by atoms with Crippen LogP contribution in [0.5, 0.6) is 0 Å². The molecule has 90 valence electrons. The van der Waals surface area contributed by atoms with Gasteiger partial charge in [0.2, 0.25) is 4.96 Å². The minimum Gasteiger partial charge on any atom is -0.296 e. The largest absolute Gasteiger partial charge is 0.296 e. The van der Waals surface area contributed by atoms with Gasteiger partial charge in [-0.05, 0) is 12.0 Å². The molecule has 0 atom stereocenters. The number of nitrogens with zero attached hydrogens (tertiary/aromatic N) is 3. The van der Waals surface area contributed by atoms with E-state index in [2.05, 4.69) is 22.2 Å². The van der Waals surface area contributed by atoms with Crippen molar-refractivity contribution in [2.24, 2.45) is 0 Å². The molecule has 0 fully saturated rings. The molecule has 0 aliphatic heterocycles. The summed E-state index contributed by atoms with van der Waals surface area (Å²) < 4.78 is 1.61. The molecule has 18 heavy (non-hydrogen) atoms. The van der Waals surface area contributed by atoms with E-state index < -0.39 is 0 Å². The number of imidazole rings is 1. The van der Waals surface area contributed by atoms with Crippen LogP contribution in [0.3, 0.4) is 0 Å². The van der Waals surface area contributed by atoms with Crippen LogP contribution in [0, 0.1) is 0 Å². The Morgan fingerprint density at radius 2 is 2.06 bits per heavy atom. The van der Waals surface area contributed by atoms with Crippen LogP contribution >= 0.6 is 11.3 Å². The van der Waals surface area contributed by atoms with Gasteiger partial charge in [-0.1, -0.05) is 41.7 Å². The smallest absolute Gasteiger partial charge is 0.212 e. The highest BCUT2D eigenvalue weighted by atomic mass is 32.1. The van der Waals surface area contributed by atoms with Crippen molar-refractivity contribution in [1.82, 2.24) is 14.6 Å². The summed E-state index contributed by atoms with van der Waals surface area (Å²) >= 11 is 1.53. The molecule has 0 aliphatic rings. The number of benzene rings is 1. The predicted molar refractivity (Wildman–Crippen MR) is 70.1 cm³/mol. The molecule has 0 saturated carbocycles. The van der Waals surface area contributed by atoms with Gasteiger partial charge in [0.05, 0.1) is 6.20 Å². The van der Waals surface area contributed by atoms with Gasteiger partial charge in [0.15, 0.2) is 6.29 Å². The van der Waals surface area contributed by atoms with Crippen LogP contribution in [0.4, 0.5) is 0 Å². The van der Waals surface area contributed by atoms with E-state index in [1.165, 1.54) is 16.9 Å². The fourth-order valence-corrected chi connectivity index (χ4v) is 2.70. The lowest BCUT2D eigenvalue weighted by atomic mass is 10.1.